The van der Waals surface area contributed by atoms with Crippen molar-refractivity contribution in [1.29, 1.82) is 5.26 Å². The highest BCUT2D eigenvalue weighted by Crippen LogP contribution is 2.41. The lowest BCUT2D eigenvalue weighted by molar-refractivity contribution is -0.113. The Labute approximate surface area is 241 Å². The van der Waals surface area contributed by atoms with Crippen LogP contribution in [0.4, 0.5) is 14.6 Å². The molecule has 3 aromatic rings. The minimum atomic E-state index is -2.93. The van der Waals surface area contributed by atoms with Crippen molar-refractivity contribution in [2.24, 2.45) is 13.0 Å². The third-order valence-electron chi connectivity index (χ3n) is 7.85. The predicted octanol–water partition coefficient (Wildman–Crippen LogP) is 4.04. The van der Waals surface area contributed by atoms with Gasteiger partial charge in [-0.15, -0.1) is 0 Å². The Balaban J connectivity index is 1.31. The maximum Gasteiger partial charge on any atom is 0.282 e. The van der Waals surface area contributed by atoms with E-state index >= 15 is 0 Å². The van der Waals surface area contributed by atoms with Gasteiger partial charge in [0.15, 0.2) is 0 Å². The van der Waals surface area contributed by atoms with Crippen molar-refractivity contribution >= 4 is 17.6 Å². The van der Waals surface area contributed by atoms with E-state index in [0.29, 0.717) is 29.3 Å². The lowest BCUT2D eigenvalue weighted by atomic mass is 9.95. The number of pyridine rings is 2. The molecule has 1 saturated heterocycles. The summed E-state index contributed by atoms with van der Waals surface area (Å²) in [5.74, 6) is -3.06. The quantitative estimate of drug-likeness (QED) is 0.400. The first-order valence-electron chi connectivity index (χ1n) is 14.1. The van der Waals surface area contributed by atoms with E-state index in [2.05, 4.69) is 15.6 Å². The first-order valence-corrected chi connectivity index (χ1v) is 14.1. The second kappa shape index (κ2) is 10.8. The SMILES string of the molecule is Cn1cc(CNCC2CC2)cc(C(=O)Nc2cc(-c3ccc(C#N)cc3C(=O)N3CC(F)(F)C3)cc(C3CC3)n2)c1=O. The Morgan fingerprint density at radius 3 is 2.52 bits per heavy atom. The molecule has 9 nitrogen and oxygen atoms in total. The summed E-state index contributed by atoms with van der Waals surface area (Å²) in [6.07, 6.45) is 5.98. The third-order valence-corrected chi connectivity index (χ3v) is 7.85. The van der Waals surface area contributed by atoms with Gasteiger partial charge in [0.2, 0.25) is 0 Å². The first-order chi connectivity index (χ1) is 20.1. The zero-order valence-electron chi connectivity index (χ0n) is 23.1. The molecule has 11 heteroatoms. The molecule has 0 atom stereocenters. The number of anilines is 1. The van der Waals surface area contributed by atoms with Crippen LogP contribution in [0.15, 0.2) is 47.4 Å². The van der Waals surface area contributed by atoms with Gasteiger partial charge in [-0.1, -0.05) is 6.07 Å². The highest BCUT2D eigenvalue weighted by Gasteiger charge is 2.46. The predicted molar refractivity (Wildman–Crippen MR) is 151 cm³/mol. The van der Waals surface area contributed by atoms with Crippen LogP contribution in [0.3, 0.4) is 0 Å². The van der Waals surface area contributed by atoms with Crippen LogP contribution >= 0.6 is 0 Å². The van der Waals surface area contributed by atoms with Crippen molar-refractivity contribution in [1.82, 2.24) is 19.8 Å². The van der Waals surface area contributed by atoms with E-state index in [0.717, 1.165) is 29.8 Å². The summed E-state index contributed by atoms with van der Waals surface area (Å²) in [5, 5.41) is 15.6. The van der Waals surface area contributed by atoms with Gasteiger partial charge in [0.1, 0.15) is 11.4 Å². The number of carbonyl (C=O) groups excluding carboxylic acids is 2. The monoisotopic (exact) mass is 572 g/mol. The van der Waals surface area contributed by atoms with E-state index in [1.807, 2.05) is 12.1 Å². The molecule has 1 aliphatic heterocycles. The molecule has 2 aliphatic carbocycles. The molecule has 1 aromatic carbocycles. The Bertz CT molecular complexity index is 1680. The summed E-state index contributed by atoms with van der Waals surface area (Å²) in [4.78, 5) is 45.2. The highest BCUT2D eigenvalue weighted by molar-refractivity contribution is 6.05. The van der Waals surface area contributed by atoms with Gasteiger partial charge in [-0.05, 0) is 85.2 Å². The number of rotatable bonds is 9. The maximum atomic E-state index is 13.5. The lowest BCUT2D eigenvalue weighted by Gasteiger charge is -2.39. The van der Waals surface area contributed by atoms with E-state index in [1.165, 1.54) is 23.5 Å². The Kier molecular flexibility index (Phi) is 7.10. The fraction of sp³-hybridized carbons (Fsp3) is 0.387. The molecule has 0 bridgehead atoms. The van der Waals surface area contributed by atoms with E-state index in [-0.39, 0.29) is 28.4 Å². The summed E-state index contributed by atoms with van der Waals surface area (Å²) in [7, 11) is 1.60. The van der Waals surface area contributed by atoms with Crippen LogP contribution in [0, 0.1) is 17.2 Å². The molecule has 0 radical (unpaired) electrons. The number of aryl methyl sites for hydroxylation is 1. The van der Waals surface area contributed by atoms with Crippen LogP contribution < -0.4 is 16.2 Å². The largest absolute Gasteiger partial charge is 0.326 e. The summed E-state index contributed by atoms with van der Waals surface area (Å²) >= 11 is 0. The normalized spacial score (nSPS) is 17.3. The molecule has 3 aliphatic rings. The fourth-order valence-corrected chi connectivity index (χ4v) is 5.20. The average Bonchev–Trinajstić information content (AvgIpc) is 3.87. The molecular formula is C31H30F2N6O3. The van der Waals surface area contributed by atoms with E-state index < -0.39 is 36.4 Å². The molecule has 2 N–H and O–H groups in total. The van der Waals surface area contributed by atoms with Gasteiger partial charge in [0.25, 0.3) is 23.3 Å². The first kappa shape index (κ1) is 27.7. The minimum absolute atomic E-state index is 0.0173. The van der Waals surface area contributed by atoms with Gasteiger partial charge in [-0.25, -0.2) is 13.8 Å². The standard InChI is InChI=1S/C31H30F2N6O3/c1-38-15-20(14-35-13-18-2-3-18)9-25(29(38)41)28(40)37-27-11-22(10-26(36-27)21-5-6-21)23-7-4-19(12-34)8-24(23)30(42)39-16-31(32,33)17-39/h4,7-11,15,18,21,35H,2-3,5-6,13-14,16-17H2,1H3,(H,36,37,40). The number of carbonyl (C=O) groups is 2. The summed E-state index contributed by atoms with van der Waals surface area (Å²) < 4.78 is 28.5. The van der Waals surface area contributed by atoms with Crippen LogP contribution in [-0.2, 0) is 13.6 Å². The van der Waals surface area contributed by atoms with E-state index in [1.54, 1.807) is 37.5 Å². The summed E-state index contributed by atoms with van der Waals surface area (Å²) in [5.41, 5.74) is 2.39. The lowest BCUT2D eigenvalue weighted by Crippen LogP contribution is -2.58. The molecule has 3 heterocycles. The smallest absolute Gasteiger partial charge is 0.282 e. The molecule has 0 spiro atoms. The zero-order chi connectivity index (χ0) is 29.6. The topological polar surface area (TPSA) is 120 Å². The number of nitrogens with one attached hydrogen (secondary N) is 2. The Morgan fingerprint density at radius 1 is 1.10 bits per heavy atom. The number of benzene rings is 1. The summed E-state index contributed by atoms with van der Waals surface area (Å²) in [6.45, 7) is 0.0578. The van der Waals surface area contributed by atoms with Crippen molar-refractivity contribution in [3.8, 4) is 17.2 Å². The fourth-order valence-electron chi connectivity index (χ4n) is 5.20. The van der Waals surface area contributed by atoms with Gasteiger partial charge in [-0.2, -0.15) is 5.26 Å². The van der Waals surface area contributed by atoms with E-state index in [9.17, 15) is 28.4 Å². The maximum absolute atomic E-state index is 13.5. The second-order valence-electron chi connectivity index (χ2n) is 11.5. The number of amides is 2. The zero-order valence-corrected chi connectivity index (χ0v) is 23.1. The molecule has 0 unspecified atom stereocenters. The number of hydrogen-bond acceptors (Lipinski definition) is 6. The average molecular weight is 573 g/mol. The number of hydrogen-bond donors (Lipinski definition) is 2. The molecule has 3 fully saturated rings. The number of likely N-dealkylation sites (tertiary alicyclic amines) is 1. The van der Waals surface area contributed by atoms with Crippen molar-refractivity contribution < 1.29 is 18.4 Å². The van der Waals surface area contributed by atoms with Crippen molar-refractivity contribution in [3.63, 3.8) is 0 Å². The number of alkyl halides is 2. The van der Waals surface area contributed by atoms with Gasteiger partial charge in [0, 0.05) is 37.0 Å². The van der Waals surface area contributed by atoms with Gasteiger partial charge in [0.05, 0.1) is 24.7 Å². The van der Waals surface area contributed by atoms with Gasteiger partial charge >= 0.3 is 0 Å². The molecule has 216 valence electrons. The molecular weight excluding hydrogens is 542 g/mol. The third kappa shape index (κ3) is 5.94. The number of aromatic nitrogens is 2. The molecule has 42 heavy (non-hydrogen) atoms. The number of halogens is 2. The van der Waals surface area contributed by atoms with Crippen LogP contribution in [0.1, 0.15) is 69.1 Å². The molecule has 2 amide bonds. The summed E-state index contributed by atoms with van der Waals surface area (Å²) in [6, 6.07) is 11.6. The van der Waals surface area contributed by atoms with Gasteiger partial charge < -0.3 is 20.1 Å². The van der Waals surface area contributed by atoms with E-state index in [4.69, 9.17) is 0 Å². The molecule has 2 aromatic heterocycles. The molecule has 2 saturated carbocycles. The van der Waals surface area contributed by atoms with Crippen molar-refractivity contribution in [3.05, 3.63) is 80.9 Å². The van der Waals surface area contributed by atoms with Crippen molar-refractivity contribution in [2.45, 2.75) is 44.1 Å². The van der Waals surface area contributed by atoms with Crippen LogP contribution in [0.2, 0.25) is 0 Å². The van der Waals surface area contributed by atoms with Gasteiger partial charge in [-0.3, -0.25) is 14.4 Å². The Hall–Kier alpha value is -4.43. The van der Waals surface area contributed by atoms with Crippen LogP contribution in [0.25, 0.3) is 11.1 Å². The van der Waals surface area contributed by atoms with Crippen molar-refractivity contribution in [2.75, 3.05) is 25.0 Å². The molecule has 6 rings (SSSR count). The van der Waals surface area contributed by atoms with Crippen LogP contribution in [-0.4, -0.2) is 51.8 Å². The minimum Gasteiger partial charge on any atom is -0.326 e. The van der Waals surface area contributed by atoms with Crippen LogP contribution in [0.5, 0.6) is 0 Å². The second-order valence-corrected chi connectivity index (χ2v) is 11.5. The number of nitriles is 1. The Morgan fingerprint density at radius 2 is 1.86 bits per heavy atom. The highest BCUT2D eigenvalue weighted by atomic mass is 19.3. The number of nitrogens with zero attached hydrogens (tertiary/aromatic N) is 4.